The first-order valence-corrected chi connectivity index (χ1v) is 5.18. The van der Waals surface area contributed by atoms with E-state index in [1.807, 2.05) is 6.07 Å². The molecule has 0 bridgehead atoms. The summed E-state index contributed by atoms with van der Waals surface area (Å²) in [6, 6.07) is 5.24. The first kappa shape index (κ1) is 11.3. The maximum atomic E-state index is 9.59. The van der Waals surface area contributed by atoms with E-state index in [2.05, 4.69) is 6.92 Å². The van der Waals surface area contributed by atoms with Gasteiger partial charge in [-0.3, -0.25) is 0 Å². The van der Waals surface area contributed by atoms with Crippen LogP contribution in [0.4, 0.5) is 0 Å². The van der Waals surface area contributed by atoms with Crippen LogP contribution in [0.3, 0.4) is 0 Å². The van der Waals surface area contributed by atoms with Gasteiger partial charge in [0.25, 0.3) is 0 Å². The van der Waals surface area contributed by atoms with Crippen LogP contribution in [-0.4, -0.2) is 11.7 Å². The summed E-state index contributed by atoms with van der Waals surface area (Å²) in [6.07, 6.45) is 1.82. The zero-order valence-corrected chi connectivity index (χ0v) is 9.09. The molecule has 78 valence electrons. The van der Waals surface area contributed by atoms with Crippen molar-refractivity contribution >= 4 is 11.6 Å². The molecule has 1 rings (SSSR count). The van der Waals surface area contributed by atoms with Crippen LogP contribution in [0.15, 0.2) is 18.2 Å². The van der Waals surface area contributed by atoms with E-state index in [4.69, 9.17) is 17.3 Å². The lowest BCUT2D eigenvalue weighted by molar-refractivity contribution is 0.455. The SMILES string of the molecule is CC(CCN)Cc1ccc(Cl)cc1O. The maximum absolute atomic E-state index is 9.59. The average Bonchev–Trinajstić information content (AvgIpc) is 2.10. The largest absolute Gasteiger partial charge is 0.508 e. The number of hydrogen-bond acceptors (Lipinski definition) is 2. The smallest absolute Gasteiger partial charge is 0.120 e. The molecule has 0 fully saturated rings. The van der Waals surface area contributed by atoms with Gasteiger partial charge in [0.2, 0.25) is 0 Å². The molecule has 3 heteroatoms. The van der Waals surface area contributed by atoms with E-state index in [-0.39, 0.29) is 5.75 Å². The van der Waals surface area contributed by atoms with Crippen LogP contribution in [-0.2, 0) is 6.42 Å². The lowest BCUT2D eigenvalue weighted by atomic mass is 9.97. The number of phenols is 1. The molecule has 0 saturated heterocycles. The zero-order valence-electron chi connectivity index (χ0n) is 8.33. The number of benzene rings is 1. The first-order chi connectivity index (χ1) is 6.63. The molecule has 1 atom stereocenters. The van der Waals surface area contributed by atoms with Gasteiger partial charge in [0.1, 0.15) is 5.75 Å². The third kappa shape index (κ3) is 3.20. The summed E-state index contributed by atoms with van der Waals surface area (Å²) >= 11 is 5.73. The fourth-order valence-corrected chi connectivity index (χ4v) is 1.64. The van der Waals surface area contributed by atoms with Gasteiger partial charge in [0.05, 0.1) is 0 Å². The van der Waals surface area contributed by atoms with Crippen LogP contribution < -0.4 is 5.73 Å². The van der Waals surface area contributed by atoms with Crippen LogP contribution >= 0.6 is 11.6 Å². The predicted molar refractivity (Wildman–Crippen MR) is 59.7 cm³/mol. The second-order valence-electron chi connectivity index (χ2n) is 3.66. The Balaban J connectivity index is 2.67. The maximum Gasteiger partial charge on any atom is 0.120 e. The van der Waals surface area contributed by atoms with Gasteiger partial charge in [0.15, 0.2) is 0 Å². The Labute approximate surface area is 89.7 Å². The van der Waals surface area contributed by atoms with Gasteiger partial charge >= 0.3 is 0 Å². The standard InChI is InChI=1S/C11H16ClNO/c1-8(4-5-13)6-9-2-3-10(12)7-11(9)14/h2-3,7-8,14H,4-6,13H2,1H3. The molecule has 0 amide bonds. The van der Waals surface area contributed by atoms with Crippen molar-refractivity contribution in [2.24, 2.45) is 11.7 Å². The predicted octanol–water partition coefficient (Wildman–Crippen LogP) is 2.57. The van der Waals surface area contributed by atoms with E-state index >= 15 is 0 Å². The molecule has 1 unspecified atom stereocenters. The van der Waals surface area contributed by atoms with E-state index in [9.17, 15) is 5.11 Å². The molecule has 1 aromatic rings. The minimum atomic E-state index is 0.279. The Morgan fingerprint density at radius 2 is 2.21 bits per heavy atom. The zero-order chi connectivity index (χ0) is 10.6. The van der Waals surface area contributed by atoms with Crippen molar-refractivity contribution < 1.29 is 5.11 Å². The summed E-state index contributed by atoms with van der Waals surface area (Å²) in [4.78, 5) is 0. The topological polar surface area (TPSA) is 46.2 Å². The highest BCUT2D eigenvalue weighted by Crippen LogP contribution is 2.24. The average molecular weight is 214 g/mol. The van der Waals surface area contributed by atoms with Crippen molar-refractivity contribution in [2.45, 2.75) is 19.8 Å². The summed E-state index contributed by atoms with van der Waals surface area (Å²) in [5.74, 6) is 0.772. The molecule has 2 nitrogen and oxygen atoms in total. The fraction of sp³-hybridized carbons (Fsp3) is 0.455. The number of nitrogens with two attached hydrogens (primary N) is 1. The summed E-state index contributed by atoms with van der Waals surface area (Å²) in [7, 11) is 0. The van der Waals surface area contributed by atoms with Gasteiger partial charge in [-0.25, -0.2) is 0 Å². The Kier molecular flexibility index (Phi) is 4.23. The van der Waals surface area contributed by atoms with Crippen molar-refractivity contribution in [1.82, 2.24) is 0 Å². The Bertz CT molecular complexity index is 301. The second kappa shape index (κ2) is 5.23. The van der Waals surface area contributed by atoms with Gasteiger partial charge in [-0.1, -0.05) is 24.6 Å². The second-order valence-corrected chi connectivity index (χ2v) is 4.10. The van der Waals surface area contributed by atoms with Gasteiger partial charge in [0, 0.05) is 5.02 Å². The first-order valence-electron chi connectivity index (χ1n) is 4.81. The number of phenolic OH excluding ortho intramolecular Hbond substituents is 1. The van der Waals surface area contributed by atoms with Crippen molar-refractivity contribution in [1.29, 1.82) is 0 Å². The van der Waals surface area contributed by atoms with Crippen LogP contribution in [0.1, 0.15) is 18.9 Å². The fourth-order valence-electron chi connectivity index (χ4n) is 1.47. The van der Waals surface area contributed by atoms with Crippen molar-refractivity contribution in [3.05, 3.63) is 28.8 Å². The highest BCUT2D eigenvalue weighted by atomic mass is 35.5. The number of halogens is 1. The molecular formula is C11H16ClNO. The Morgan fingerprint density at radius 3 is 2.79 bits per heavy atom. The Morgan fingerprint density at radius 1 is 1.50 bits per heavy atom. The molecule has 0 aliphatic heterocycles. The van der Waals surface area contributed by atoms with Crippen LogP contribution in [0.25, 0.3) is 0 Å². The lowest BCUT2D eigenvalue weighted by Gasteiger charge is -2.11. The monoisotopic (exact) mass is 213 g/mol. The normalized spacial score (nSPS) is 12.8. The summed E-state index contributed by atoms with van der Waals surface area (Å²) in [5.41, 5.74) is 6.40. The molecule has 0 radical (unpaired) electrons. The molecule has 14 heavy (non-hydrogen) atoms. The van der Waals surface area contributed by atoms with Gasteiger partial charge < -0.3 is 10.8 Å². The molecule has 0 aliphatic rings. The van der Waals surface area contributed by atoms with E-state index in [0.29, 0.717) is 17.5 Å². The van der Waals surface area contributed by atoms with Crippen molar-refractivity contribution in [3.8, 4) is 5.75 Å². The van der Waals surface area contributed by atoms with Crippen LogP contribution in [0, 0.1) is 5.92 Å². The van der Waals surface area contributed by atoms with Crippen LogP contribution in [0.2, 0.25) is 5.02 Å². The Hall–Kier alpha value is -0.730. The van der Waals surface area contributed by atoms with Gasteiger partial charge in [-0.05, 0) is 43.0 Å². The number of hydrogen-bond donors (Lipinski definition) is 2. The third-order valence-corrected chi connectivity index (χ3v) is 2.51. The van der Waals surface area contributed by atoms with E-state index in [1.165, 1.54) is 0 Å². The quantitative estimate of drug-likeness (QED) is 0.808. The van der Waals surface area contributed by atoms with E-state index < -0.39 is 0 Å². The van der Waals surface area contributed by atoms with E-state index in [1.54, 1.807) is 12.1 Å². The third-order valence-electron chi connectivity index (χ3n) is 2.28. The highest BCUT2D eigenvalue weighted by molar-refractivity contribution is 6.30. The summed E-state index contributed by atoms with van der Waals surface area (Å²) in [6.45, 7) is 2.82. The molecule has 3 N–H and O–H groups in total. The molecule has 0 heterocycles. The molecule has 1 aromatic carbocycles. The summed E-state index contributed by atoms with van der Waals surface area (Å²) < 4.78 is 0. The molecule has 0 aromatic heterocycles. The number of rotatable bonds is 4. The van der Waals surface area contributed by atoms with E-state index in [0.717, 1.165) is 18.4 Å². The molecule has 0 spiro atoms. The molecule has 0 aliphatic carbocycles. The van der Waals surface area contributed by atoms with Crippen LogP contribution in [0.5, 0.6) is 5.75 Å². The molecular weight excluding hydrogens is 198 g/mol. The minimum absolute atomic E-state index is 0.279. The summed E-state index contributed by atoms with van der Waals surface area (Å²) in [5, 5.41) is 10.2. The highest BCUT2D eigenvalue weighted by Gasteiger charge is 2.06. The minimum Gasteiger partial charge on any atom is -0.508 e. The number of aromatic hydroxyl groups is 1. The van der Waals surface area contributed by atoms with Crippen molar-refractivity contribution in [3.63, 3.8) is 0 Å². The van der Waals surface area contributed by atoms with Gasteiger partial charge in [-0.2, -0.15) is 0 Å². The van der Waals surface area contributed by atoms with Gasteiger partial charge in [-0.15, -0.1) is 0 Å². The van der Waals surface area contributed by atoms with Crippen molar-refractivity contribution in [2.75, 3.05) is 6.54 Å². The lowest BCUT2D eigenvalue weighted by Crippen LogP contribution is -2.08. The molecule has 0 saturated carbocycles.